The molecule has 0 spiro atoms. The summed E-state index contributed by atoms with van der Waals surface area (Å²) in [4.78, 5) is 15.9. The van der Waals surface area contributed by atoms with Gasteiger partial charge in [-0.3, -0.25) is 9.79 Å². The molecule has 1 aliphatic heterocycles. The van der Waals surface area contributed by atoms with Crippen LogP contribution in [0.25, 0.3) is 0 Å². The van der Waals surface area contributed by atoms with Gasteiger partial charge in [-0.1, -0.05) is 83.6 Å². The molecule has 0 saturated heterocycles. The highest BCUT2D eigenvalue weighted by Gasteiger charge is 2.03. The Bertz CT molecular complexity index is 419. The Morgan fingerprint density at radius 1 is 0.963 bits per heavy atom. The lowest BCUT2D eigenvalue weighted by molar-refractivity contribution is -0.143. The SMILES string of the molecule is CCCCCCCCCCCCCCOC(=O)CCNCCC1=CCC=N1. The fourth-order valence-corrected chi connectivity index (χ4v) is 3.31. The standard InChI is InChI=1S/C23H42N2O2/c1-2-3-4-5-6-7-8-9-10-11-12-13-21-27-23(26)17-20-24-19-16-22-15-14-18-25-22/h15,18,24H,2-14,16-17,19-21H2,1H3. The maximum Gasteiger partial charge on any atom is 0.307 e. The first-order valence-electron chi connectivity index (χ1n) is 11.4. The van der Waals surface area contributed by atoms with Crippen molar-refractivity contribution in [1.29, 1.82) is 0 Å². The molecule has 0 saturated carbocycles. The average molecular weight is 379 g/mol. The van der Waals surface area contributed by atoms with Crippen molar-refractivity contribution < 1.29 is 9.53 Å². The van der Waals surface area contributed by atoms with Crippen molar-refractivity contribution in [3.63, 3.8) is 0 Å². The largest absolute Gasteiger partial charge is 0.466 e. The quantitative estimate of drug-likeness (QED) is 0.223. The first-order chi connectivity index (χ1) is 13.3. The predicted molar refractivity (Wildman–Crippen MR) is 115 cm³/mol. The van der Waals surface area contributed by atoms with Crippen LogP contribution in [0.15, 0.2) is 16.8 Å². The fourth-order valence-electron chi connectivity index (χ4n) is 3.31. The van der Waals surface area contributed by atoms with Gasteiger partial charge in [-0.25, -0.2) is 0 Å². The maximum atomic E-state index is 11.7. The van der Waals surface area contributed by atoms with Crippen LogP contribution in [0.4, 0.5) is 0 Å². The van der Waals surface area contributed by atoms with E-state index in [-0.39, 0.29) is 5.97 Å². The van der Waals surface area contributed by atoms with E-state index in [9.17, 15) is 4.79 Å². The lowest BCUT2D eigenvalue weighted by Gasteiger charge is -2.06. The summed E-state index contributed by atoms with van der Waals surface area (Å²) in [6.45, 7) is 4.41. The number of ether oxygens (including phenoxy) is 1. The average Bonchev–Trinajstić information content (AvgIpc) is 3.18. The van der Waals surface area contributed by atoms with Crippen LogP contribution in [0.2, 0.25) is 0 Å². The van der Waals surface area contributed by atoms with Crippen molar-refractivity contribution in [2.45, 2.75) is 103 Å². The molecule has 156 valence electrons. The van der Waals surface area contributed by atoms with Gasteiger partial charge >= 0.3 is 5.97 Å². The second kappa shape index (κ2) is 18.2. The number of esters is 1. The molecule has 0 aliphatic carbocycles. The summed E-state index contributed by atoms with van der Waals surface area (Å²) in [5.41, 5.74) is 1.15. The van der Waals surface area contributed by atoms with Crippen LogP contribution in [0.5, 0.6) is 0 Å². The van der Waals surface area contributed by atoms with Gasteiger partial charge in [0.1, 0.15) is 0 Å². The minimum absolute atomic E-state index is 0.0799. The predicted octanol–water partition coefficient (Wildman–Crippen LogP) is 5.96. The second-order valence-electron chi connectivity index (χ2n) is 7.60. The summed E-state index contributed by atoms with van der Waals surface area (Å²) < 4.78 is 5.30. The molecular weight excluding hydrogens is 336 g/mol. The fraction of sp³-hybridized carbons (Fsp3) is 0.826. The zero-order valence-corrected chi connectivity index (χ0v) is 17.6. The molecule has 0 fully saturated rings. The molecule has 0 aromatic carbocycles. The van der Waals surface area contributed by atoms with Crippen LogP contribution in [0.3, 0.4) is 0 Å². The number of nitrogens with one attached hydrogen (secondary N) is 1. The number of carbonyl (C=O) groups excluding carboxylic acids is 1. The maximum absolute atomic E-state index is 11.7. The number of hydrogen-bond donors (Lipinski definition) is 1. The first-order valence-corrected chi connectivity index (χ1v) is 11.4. The molecule has 4 nitrogen and oxygen atoms in total. The Balaban J connectivity index is 1.73. The van der Waals surface area contributed by atoms with E-state index in [1.807, 2.05) is 6.21 Å². The highest BCUT2D eigenvalue weighted by atomic mass is 16.5. The van der Waals surface area contributed by atoms with Crippen molar-refractivity contribution >= 4 is 12.2 Å². The topological polar surface area (TPSA) is 50.7 Å². The van der Waals surface area contributed by atoms with Gasteiger partial charge in [0.15, 0.2) is 0 Å². The van der Waals surface area contributed by atoms with Gasteiger partial charge < -0.3 is 10.1 Å². The van der Waals surface area contributed by atoms with Crippen molar-refractivity contribution in [1.82, 2.24) is 5.32 Å². The van der Waals surface area contributed by atoms with Crippen molar-refractivity contribution in [2.75, 3.05) is 19.7 Å². The van der Waals surface area contributed by atoms with E-state index < -0.39 is 0 Å². The molecule has 0 unspecified atom stereocenters. The second-order valence-corrected chi connectivity index (χ2v) is 7.60. The lowest BCUT2D eigenvalue weighted by Crippen LogP contribution is -2.20. The Morgan fingerprint density at radius 2 is 1.59 bits per heavy atom. The lowest BCUT2D eigenvalue weighted by atomic mass is 10.1. The van der Waals surface area contributed by atoms with Gasteiger partial charge in [0, 0.05) is 37.8 Å². The molecule has 1 heterocycles. The molecule has 1 aliphatic rings. The molecule has 0 radical (unpaired) electrons. The third-order valence-electron chi connectivity index (χ3n) is 5.04. The van der Waals surface area contributed by atoms with Crippen LogP contribution in [-0.4, -0.2) is 31.9 Å². The zero-order chi connectivity index (χ0) is 19.4. The van der Waals surface area contributed by atoms with E-state index in [0.29, 0.717) is 19.6 Å². The minimum Gasteiger partial charge on any atom is -0.466 e. The van der Waals surface area contributed by atoms with Crippen LogP contribution in [-0.2, 0) is 9.53 Å². The van der Waals surface area contributed by atoms with E-state index in [1.54, 1.807) is 0 Å². The highest BCUT2D eigenvalue weighted by molar-refractivity contribution is 5.69. The van der Waals surface area contributed by atoms with E-state index in [2.05, 4.69) is 23.3 Å². The first kappa shape index (κ1) is 23.9. The van der Waals surface area contributed by atoms with Crippen molar-refractivity contribution in [3.05, 3.63) is 11.8 Å². The molecular formula is C23H42N2O2. The third-order valence-corrected chi connectivity index (χ3v) is 5.04. The van der Waals surface area contributed by atoms with E-state index >= 15 is 0 Å². The molecule has 0 atom stereocenters. The van der Waals surface area contributed by atoms with Gasteiger partial charge in [0.25, 0.3) is 0 Å². The van der Waals surface area contributed by atoms with Crippen LogP contribution >= 0.6 is 0 Å². The number of carbonyl (C=O) groups is 1. The molecule has 1 N–H and O–H groups in total. The summed E-state index contributed by atoms with van der Waals surface area (Å²) in [7, 11) is 0. The zero-order valence-electron chi connectivity index (χ0n) is 17.6. The number of aliphatic imine (C=N–C) groups is 1. The molecule has 0 aromatic rings. The molecule has 4 heteroatoms. The van der Waals surface area contributed by atoms with Crippen LogP contribution in [0.1, 0.15) is 103 Å². The number of unbranched alkanes of at least 4 members (excludes halogenated alkanes) is 11. The summed E-state index contributed by atoms with van der Waals surface area (Å²) in [5.74, 6) is -0.0799. The molecule has 0 amide bonds. The minimum atomic E-state index is -0.0799. The number of rotatable bonds is 19. The van der Waals surface area contributed by atoms with E-state index in [4.69, 9.17) is 4.74 Å². The Labute approximate surface area is 167 Å². The van der Waals surface area contributed by atoms with E-state index in [1.165, 1.54) is 70.6 Å². The van der Waals surface area contributed by atoms with Crippen molar-refractivity contribution in [2.24, 2.45) is 4.99 Å². The normalized spacial score (nSPS) is 13.1. The smallest absolute Gasteiger partial charge is 0.307 e. The summed E-state index contributed by atoms with van der Waals surface area (Å²) in [6, 6.07) is 0. The summed E-state index contributed by atoms with van der Waals surface area (Å²) in [6.07, 6.45) is 22.3. The highest BCUT2D eigenvalue weighted by Crippen LogP contribution is 2.12. The molecule has 27 heavy (non-hydrogen) atoms. The van der Waals surface area contributed by atoms with Crippen LogP contribution in [0, 0.1) is 0 Å². The molecule has 0 bridgehead atoms. The Kier molecular flexibility index (Phi) is 16.1. The van der Waals surface area contributed by atoms with Crippen LogP contribution < -0.4 is 5.32 Å². The van der Waals surface area contributed by atoms with Gasteiger partial charge in [0.2, 0.25) is 0 Å². The van der Waals surface area contributed by atoms with Gasteiger partial charge in [-0.2, -0.15) is 0 Å². The third kappa shape index (κ3) is 15.6. The van der Waals surface area contributed by atoms with Gasteiger partial charge in [-0.15, -0.1) is 0 Å². The molecule has 1 rings (SSSR count). The number of hydrogen-bond acceptors (Lipinski definition) is 4. The van der Waals surface area contributed by atoms with Gasteiger partial charge in [0.05, 0.1) is 13.0 Å². The number of allylic oxidation sites excluding steroid dienone is 1. The summed E-state index contributed by atoms with van der Waals surface area (Å²) in [5, 5.41) is 3.28. The number of nitrogens with zero attached hydrogens (tertiary/aromatic N) is 1. The molecule has 0 aromatic heterocycles. The van der Waals surface area contributed by atoms with Crippen molar-refractivity contribution in [3.8, 4) is 0 Å². The Hall–Kier alpha value is -1.16. The monoisotopic (exact) mass is 378 g/mol. The summed E-state index contributed by atoms with van der Waals surface area (Å²) >= 11 is 0. The van der Waals surface area contributed by atoms with E-state index in [0.717, 1.165) is 31.5 Å². The Morgan fingerprint density at radius 3 is 2.19 bits per heavy atom. The van der Waals surface area contributed by atoms with Gasteiger partial charge in [-0.05, 0) is 6.42 Å².